The molecule has 3 aromatic rings. The molecule has 0 aliphatic carbocycles. The number of rotatable bonds is 15. The van der Waals surface area contributed by atoms with Crippen molar-refractivity contribution < 1.29 is 33.3 Å². The number of primary amides is 1. The van der Waals surface area contributed by atoms with Crippen molar-refractivity contribution >= 4 is 18.1 Å². The number of nitrogens with two attached hydrogens (primary N) is 1. The van der Waals surface area contributed by atoms with Gasteiger partial charge in [-0.2, -0.15) is 0 Å². The summed E-state index contributed by atoms with van der Waals surface area (Å²) in [5.74, 6) is 1.05. The molecule has 1 unspecified atom stereocenters. The van der Waals surface area contributed by atoms with Crippen molar-refractivity contribution in [2.45, 2.75) is 77.3 Å². The molecule has 3 amide bonds. The van der Waals surface area contributed by atoms with E-state index in [0.29, 0.717) is 30.8 Å². The van der Waals surface area contributed by atoms with Crippen LogP contribution < -0.4 is 20.5 Å². The maximum absolute atomic E-state index is 14.3. The van der Waals surface area contributed by atoms with Gasteiger partial charge in [-0.25, -0.2) is 9.59 Å². The van der Waals surface area contributed by atoms with E-state index in [1.807, 2.05) is 78.9 Å². The first-order chi connectivity index (χ1) is 21.5. The number of hydrogen-bond acceptors (Lipinski definition) is 7. The average molecular weight is 620 g/mol. The van der Waals surface area contributed by atoms with E-state index >= 15 is 0 Å². The van der Waals surface area contributed by atoms with Gasteiger partial charge in [-0.3, -0.25) is 4.79 Å². The molecule has 0 aromatic heterocycles. The van der Waals surface area contributed by atoms with Crippen molar-refractivity contribution in [3.63, 3.8) is 0 Å². The highest BCUT2D eigenvalue weighted by molar-refractivity contribution is 5.85. The van der Waals surface area contributed by atoms with Gasteiger partial charge in [-0.15, -0.1) is 0 Å². The van der Waals surface area contributed by atoms with Crippen molar-refractivity contribution in [2.24, 2.45) is 5.73 Å². The molecular formula is C35H45N3O7. The molecule has 0 aliphatic rings. The second-order valence-electron chi connectivity index (χ2n) is 11.8. The molecule has 3 N–H and O–H groups in total. The Labute approximate surface area is 265 Å². The summed E-state index contributed by atoms with van der Waals surface area (Å²) in [5.41, 5.74) is 7.32. The standard InChI is InChI=1S/C35H45N3O7/c1-35(2,3)45-34(41)37-31(19-11-18-30(44-33(36)40)20-25-12-7-6-8-13-25)32(39)38(23-26-14-9-16-28(21-26)42-4)24-27-15-10-17-29(22-27)43-5/h6-10,12-17,21-22,30-31H,11,18-20,23-24H2,1-5H3,(H2,36,40)(H,37,41)/t30?,31-/m1/s1. The van der Waals surface area contributed by atoms with Crippen LogP contribution in [-0.2, 0) is 33.8 Å². The fraction of sp³-hybridized carbons (Fsp3) is 0.400. The lowest BCUT2D eigenvalue weighted by molar-refractivity contribution is -0.135. The van der Waals surface area contributed by atoms with Gasteiger partial charge >= 0.3 is 12.2 Å². The highest BCUT2D eigenvalue weighted by atomic mass is 16.6. The molecular weight excluding hydrogens is 574 g/mol. The van der Waals surface area contributed by atoms with Gasteiger partial charge in [0, 0.05) is 19.5 Å². The summed E-state index contributed by atoms with van der Waals surface area (Å²) in [7, 11) is 3.18. The van der Waals surface area contributed by atoms with E-state index in [4.69, 9.17) is 24.7 Å². The lowest BCUT2D eigenvalue weighted by Gasteiger charge is -2.30. The summed E-state index contributed by atoms with van der Waals surface area (Å²) in [5, 5.41) is 2.80. The summed E-state index contributed by atoms with van der Waals surface area (Å²) in [4.78, 5) is 40.6. The van der Waals surface area contributed by atoms with Crippen LogP contribution in [0.15, 0.2) is 78.9 Å². The monoisotopic (exact) mass is 619 g/mol. The smallest absolute Gasteiger partial charge is 0.408 e. The molecule has 242 valence electrons. The van der Waals surface area contributed by atoms with Crippen LogP contribution in [0.2, 0.25) is 0 Å². The van der Waals surface area contributed by atoms with Gasteiger partial charge in [-0.1, -0.05) is 54.6 Å². The molecule has 0 aliphatic heterocycles. The van der Waals surface area contributed by atoms with Crippen molar-refractivity contribution in [1.29, 1.82) is 0 Å². The van der Waals surface area contributed by atoms with Gasteiger partial charge in [0.2, 0.25) is 5.91 Å². The number of nitrogens with zero attached hydrogens (tertiary/aromatic N) is 1. The Bertz CT molecular complexity index is 1340. The third-order valence-electron chi connectivity index (χ3n) is 6.92. The zero-order valence-electron chi connectivity index (χ0n) is 26.8. The summed E-state index contributed by atoms with van der Waals surface area (Å²) in [6.45, 7) is 5.81. The zero-order valence-corrected chi connectivity index (χ0v) is 26.8. The van der Waals surface area contributed by atoms with E-state index in [1.165, 1.54) is 0 Å². The maximum atomic E-state index is 14.3. The molecule has 0 saturated heterocycles. The highest BCUT2D eigenvalue weighted by Gasteiger charge is 2.29. The number of hydrogen-bond donors (Lipinski definition) is 2. The van der Waals surface area contributed by atoms with Gasteiger partial charge in [0.1, 0.15) is 29.2 Å². The molecule has 45 heavy (non-hydrogen) atoms. The SMILES string of the molecule is COc1cccc(CN(Cc2cccc(OC)c2)C(=O)[C@@H](CCCC(Cc2ccccc2)OC(N)=O)NC(=O)OC(C)(C)C)c1. The number of methoxy groups -OCH3 is 2. The molecule has 3 aromatic carbocycles. The normalized spacial score (nSPS) is 12.4. The van der Waals surface area contributed by atoms with Crippen molar-refractivity contribution in [1.82, 2.24) is 10.2 Å². The lowest BCUT2D eigenvalue weighted by Crippen LogP contribution is -2.49. The van der Waals surface area contributed by atoms with E-state index in [1.54, 1.807) is 39.9 Å². The number of amides is 3. The molecule has 0 spiro atoms. The Kier molecular flexibility index (Phi) is 13.1. The summed E-state index contributed by atoms with van der Waals surface area (Å²) in [6.07, 6.45) is -0.410. The predicted octanol–water partition coefficient (Wildman–Crippen LogP) is 6.00. The molecule has 0 fully saturated rings. The van der Waals surface area contributed by atoms with Gasteiger partial charge in [0.25, 0.3) is 0 Å². The summed E-state index contributed by atoms with van der Waals surface area (Å²) < 4.78 is 21.7. The number of nitrogens with one attached hydrogen (secondary N) is 1. The third kappa shape index (κ3) is 12.4. The van der Waals surface area contributed by atoms with Crippen LogP contribution in [0, 0.1) is 0 Å². The van der Waals surface area contributed by atoms with Gasteiger partial charge in [-0.05, 0) is 81.0 Å². The number of carbonyl (C=O) groups is 3. The first-order valence-corrected chi connectivity index (χ1v) is 15.0. The van der Waals surface area contributed by atoms with Gasteiger partial charge < -0.3 is 34.9 Å². The van der Waals surface area contributed by atoms with E-state index in [0.717, 1.165) is 16.7 Å². The van der Waals surface area contributed by atoms with Crippen molar-refractivity contribution in [2.75, 3.05) is 14.2 Å². The zero-order chi connectivity index (χ0) is 32.8. The van der Waals surface area contributed by atoms with E-state index in [2.05, 4.69) is 5.32 Å². The Morgan fingerprint density at radius 1 is 0.800 bits per heavy atom. The van der Waals surface area contributed by atoms with Crippen LogP contribution in [0.25, 0.3) is 0 Å². The number of ether oxygens (including phenoxy) is 4. The second-order valence-corrected chi connectivity index (χ2v) is 11.8. The minimum atomic E-state index is -0.915. The maximum Gasteiger partial charge on any atom is 0.408 e. The topological polar surface area (TPSA) is 129 Å². The second kappa shape index (κ2) is 16.9. The molecule has 10 heteroatoms. The van der Waals surface area contributed by atoms with Crippen molar-refractivity contribution in [3.05, 3.63) is 95.6 Å². The summed E-state index contributed by atoms with van der Waals surface area (Å²) in [6, 6.07) is 23.7. The van der Waals surface area contributed by atoms with Crippen LogP contribution >= 0.6 is 0 Å². The van der Waals surface area contributed by atoms with Crippen LogP contribution in [0.3, 0.4) is 0 Å². The summed E-state index contributed by atoms with van der Waals surface area (Å²) >= 11 is 0. The number of carbonyl (C=O) groups excluding carboxylic acids is 3. The predicted molar refractivity (Wildman–Crippen MR) is 172 cm³/mol. The third-order valence-corrected chi connectivity index (χ3v) is 6.92. The Morgan fingerprint density at radius 3 is 1.87 bits per heavy atom. The van der Waals surface area contributed by atoms with Crippen LogP contribution in [0.4, 0.5) is 9.59 Å². The minimum Gasteiger partial charge on any atom is -0.497 e. The van der Waals surface area contributed by atoms with Gasteiger partial charge in [0.15, 0.2) is 0 Å². The van der Waals surface area contributed by atoms with Crippen LogP contribution in [0.5, 0.6) is 11.5 Å². The first-order valence-electron chi connectivity index (χ1n) is 15.0. The fourth-order valence-electron chi connectivity index (χ4n) is 4.92. The number of benzene rings is 3. The van der Waals surface area contributed by atoms with E-state index in [9.17, 15) is 14.4 Å². The van der Waals surface area contributed by atoms with Gasteiger partial charge in [0.05, 0.1) is 14.2 Å². The quantitative estimate of drug-likeness (QED) is 0.213. The molecule has 2 atom stereocenters. The molecule has 0 bridgehead atoms. The number of alkyl carbamates (subject to hydrolysis) is 1. The van der Waals surface area contributed by atoms with Crippen LogP contribution in [-0.4, -0.2) is 55.0 Å². The molecule has 10 nitrogen and oxygen atoms in total. The van der Waals surface area contributed by atoms with E-state index < -0.39 is 29.9 Å². The molecule has 0 saturated carbocycles. The Hall–Kier alpha value is -4.73. The average Bonchev–Trinajstić information content (AvgIpc) is 2.99. The fourth-order valence-corrected chi connectivity index (χ4v) is 4.92. The molecule has 3 rings (SSSR count). The Morgan fingerprint density at radius 2 is 1.36 bits per heavy atom. The minimum absolute atomic E-state index is 0.265. The van der Waals surface area contributed by atoms with Crippen molar-refractivity contribution in [3.8, 4) is 11.5 Å². The molecule has 0 radical (unpaired) electrons. The van der Waals surface area contributed by atoms with E-state index in [-0.39, 0.29) is 25.4 Å². The largest absolute Gasteiger partial charge is 0.497 e. The molecule has 0 heterocycles. The lowest BCUT2D eigenvalue weighted by atomic mass is 10.0. The highest BCUT2D eigenvalue weighted by Crippen LogP contribution is 2.21. The first kappa shape index (κ1) is 34.8. The Balaban J connectivity index is 1.86. The van der Waals surface area contributed by atoms with Crippen LogP contribution in [0.1, 0.15) is 56.7 Å².